The van der Waals surface area contributed by atoms with Gasteiger partial charge in [-0.3, -0.25) is 9.59 Å². The van der Waals surface area contributed by atoms with Crippen LogP contribution in [0.2, 0.25) is 0 Å². The second-order valence-corrected chi connectivity index (χ2v) is 7.47. The van der Waals surface area contributed by atoms with Gasteiger partial charge in [0.15, 0.2) is 0 Å². The zero-order valence-electron chi connectivity index (χ0n) is 15.9. The van der Waals surface area contributed by atoms with Crippen molar-refractivity contribution in [2.45, 2.75) is 59.3 Å². The Kier molecular flexibility index (Phi) is 6.59. The lowest BCUT2D eigenvalue weighted by molar-refractivity contribution is -0.145. The maximum atomic E-state index is 13.0. The molecule has 1 fully saturated rings. The van der Waals surface area contributed by atoms with E-state index in [4.69, 9.17) is 4.74 Å². The van der Waals surface area contributed by atoms with E-state index in [1.165, 1.54) is 0 Å². The second-order valence-electron chi connectivity index (χ2n) is 7.47. The van der Waals surface area contributed by atoms with Crippen molar-refractivity contribution in [3.63, 3.8) is 0 Å². The highest BCUT2D eigenvalue weighted by molar-refractivity contribution is 5.98. The van der Waals surface area contributed by atoms with Crippen LogP contribution in [0.5, 0.6) is 0 Å². The first-order chi connectivity index (χ1) is 11.8. The summed E-state index contributed by atoms with van der Waals surface area (Å²) < 4.78 is 5.71. The molecule has 0 aliphatic carbocycles. The molecule has 2 rings (SSSR count). The average Bonchev–Trinajstić information content (AvgIpc) is 2.52. The number of nitrogens with zero attached hydrogens (tertiary/aromatic N) is 1. The number of amides is 2. The summed E-state index contributed by atoms with van der Waals surface area (Å²) in [7, 11) is 0. The van der Waals surface area contributed by atoms with Gasteiger partial charge in [-0.2, -0.15) is 0 Å². The molecule has 138 valence electrons. The highest BCUT2D eigenvalue weighted by Gasteiger charge is 2.32. The average molecular weight is 346 g/mol. The van der Waals surface area contributed by atoms with E-state index in [-0.39, 0.29) is 24.0 Å². The smallest absolute Gasteiger partial charge is 0.252 e. The third-order valence-electron chi connectivity index (χ3n) is 4.43. The van der Waals surface area contributed by atoms with Gasteiger partial charge in [0.1, 0.15) is 6.04 Å². The van der Waals surface area contributed by atoms with Crippen LogP contribution in [-0.4, -0.2) is 48.1 Å². The summed E-state index contributed by atoms with van der Waals surface area (Å²) in [5.74, 6) is 0.103. The molecule has 1 heterocycles. The maximum Gasteiger partial charge on any atom is 0.252 e. The van der Waals surface area contributed by atoms with Gasteiger partial charge in [-0.05, 0) is 44.7 Å². The van der Waals surface area contributed by atoms with Gasteiger partial charge >= 0.3 is 0 Å². The monoisotopic (exact) mass is 346 g/mol. The molecule has 0 saturated carbocycles. The van der Waals surface area contributed by atoms with E-state index in [0.717, 1.165) is 5.56 Å². The van der Waals surface area contributed by atoms with Crippen LogP contribution < -0.4 is 5.32 Å². The molecule has 0 bridgehead atoms. The zero-order chi connectivity index (χ0) is 18.6. The van der Waals surface area contributed by atoms with E-state index in [0.29, 0.717) is 31.0 Å². The molecule has 5 heteroatoms. The van der Waals surface area contributed by atoms with E-state index in [9.17, 15) is 9.59 Å². The number of carbonyl (C=O) groups excluding carboxylic acids is 2. The fraction of sp³-hybridized carbons (Fsp3) is 0.600. The van der Waals surface area contributed by atoms with Crippen LogP contribution in [0, 0.1) is 12.8 Å². The van der Waals surface area contributed by atoms with Crippen molar-refractivity contribution in [2.75, 3.05) is 13.1 Å². The molecular weight excluding hydrogens is 316 g/mol. The predicted octanol–water partition coefficient (Wildman–Crippen LogP) is 2.78. The van der Waals surface area contributed by atoms with Crippen LogP contribution >= 0.6 is 0 Å². The van der Waals surface area contributed by atoms with Crippen molar-refractivity contribution in [3.8, 4) is 0 Å². The number of aryl methyl sites for hydroxylation is 1. The van der Waals surface area contributed by atoms with Gasteiger partial charge in [-0.1, -0.05) is 32.0 Å². The van der Waals surface area contributed by atoms with Crippen molar-refractivity contribution in [2.24, 2.45) is 5.92 Å². The summed E-state index contributed by atoms with van der Waals surface area (Å²) in [6.07, 6.45) is 0.648. The van der Waals surface area contributed by atoms with Crippen molar-refractivity contribution >= 4 is 11.8 Å². The fourth-order valence-corrected chi connectivity index (χ4v) is 3.33. The topological polar surface area (TPSA) is 58.6 Å². The minimum Gasteiger partial charge on any atom is -0.372 e. The van der Waals surface area contributed by atoms with Crippen molar-refractivity contribution in [1.82, 2.24) is 10.2 Å². The number of ether oxygens (including phenoxy) is 1. The maximum absolute atomic E-state index is 13.0. The quantitative estimate of drug-likeness (QED) is 0.892. The molecule has 1 N–H and O–H groups in total. The van der Waals surface area contributed by atoms with Crippen LogP contribution in [0.4, 0.5) is 0 Å². The Hall–Kier alpha value is -1.88. The molecule has 5 nitrogen and oxygen atoms in total. The van der Waals surface area contributed by atoms with Crippen LogP contribution in [0.25, 0.3) is 0 Å². The van der Waals surface area contributed by atoms with Gasteiger partial charge in [0.2, 0.25) is 5.91 Å². The molecule has 1 aliphatic heterocycles. The molecule has 1 saturated heterocycles. The summed E-state index contributed by atoms with van der Waals surface area (Å²) in [6, 6.07) is 6.93. The lowest BCUT2D eigenvalue weighted by atomic mass is 10.0. The molecule has 2 amide bonds. The van der Waals surface area contributed by atoms with Crippen molar-refractivity contribution < 1.29 is 14.3 Å². The molecular formula is C20H30N2O3. The van der Waals surface area contributed by atoms with Crippen LogP contribution in [0.3, 0.4) is 0 Å². The molecule has 1 aliphatic rings. The molecule has 25 heavy (non-hydrogen) atoms. The largest absolute Gasteiger partial charge is 0.372 e. The van der Waals surface area contributed by atoms with Crippen LogP contribution in [0.1, 0.15) is 50.0 Å². The Labute approximate surface area is 150 Å². The molecule has 3 unspecified atom stereocenters. The van der Waals surface area contributed by atoms with Crippen molar-refractivity contribution in [1.29, 1.82) is 0 Å². The molecule has 0 spiro atoms. The van der Waals surface area contributed by atoms with E-state index in [2.05, 4.69) is 19.2 Å². The van der Waals surface area contributed by atoms with E-state index >= 15 is 0 Å². The summed E-state index contributed by atoms with van der Waals surface area (Å²) in [4.78, 5) is 27.5. The number of benzene rings is 1. The highest BCUT2D eigenvalue weighted by Crippen LogP contribution is 2.16. The summed E-state index contributed by atoms with van der Waals surface area (Å²) in [5, 5.41) is 2.96. The molecule has 0 radical (unpaired) electrons. The van der Waals surface area contributed by atoms with Gasteiger partial charge in [-0.15, -0.1) is 0 Å². The first kappa shape index (κ1) is 19.4. The van der Waals surface area contributed by atoms with Crippen molar-refractivity contribution in [3.05, 3.63) is 35.4 Å². The Bertz CT molecular complexity index is 605. The Balaban J connectivity index is 2.14. The second kappa shape index (κ2) is 8.48. The number of hydrogen-bond donors (Lipinski definition) is 1. The highest BCUT2D eigenvalue weighted by atomic mass is 16.5. The minimum atomic E-state index is -0.510. The Morgan fingerprint density at radius 1 is 1.20 bits per heavy atom. The van der Waals surface area contributed by atoms with Gasteiger partial charge in [0.25, 0.3) is 5.91 Å². The van der Waals surface area contributed by atoms with Gasteiger partial charge in [-0.25, -0.2) is 0 Å². The Morgan fingerprint density at radius 3 is 2.36 bits per heavy atom. The van der Waals surface area contributed by atoms with Gasteiger partial charge in [0, 0.05) is 18.7 Å². The standard InChI is InChI=1S/C20H30N2O3/c1-13(2)10-18(20(24)22-11-15(4)25-16(5)12-22)21-19(23)17-9-7-6-8-14(17)3/h6-9,13,15-16,18H,10-12H2,1-5H3,(H,21,23). The molecule has 3 atom stereocenters. The number of morpholine rings is 1. The number of nitrogens with one attached hydrogen (secondary N) is 1. The SMILES string of the molecule is Cc1ccccc1C(=O)NC(CC(C)C)C(=O)N1CC(C)OC(C)C1. The fourth-order valence-electron chi connectivity index (χ4n) is 3.33. The molecule has 1 aromatic carbocycles. The normalized spacial score (nSPS) is 21.9. The predicted molar refractivity (Wildman–Crippen MR) is 98.5 cm³/mol. The first-order valence-electron chi connectivity index (χ1n) is 9.08. The van der Waals surface area contributed by atoms with Gasteiger partial charge < -0.3 is 15.0 Å². The third kappa shape index (κ3) is 5.30. The Morgan fingerprint density at radius 2 is 1.80 bits per heavy atom. The summed E-state index contributed by atoms with van der Waals surface area (Å²) >= 11 is 0. The summed E-state index contributed by atoms with van der Waals surface area (Å²) in [5.41, 5.74) is 1.53. The first-order valence-corrected chi connectivity index (χ1v) is 9.08. The minimum absolute atomic E-state index is 0.0134. The van der Waals surface area contributed by atoms with E-state index < -0.39 is 6.04 Å². The number of hydrogen-bond acceptors (Lipinski definition) is 3. The summed E-state index contributed by atoms with van der Waals surface area (Å²) in [6.45, 7) is 11.1. The lowest BCUT2D eigenvalue weighted by Gasteiger charge is -2.37. The lowest BCUT2D eigenvalue weighted by Crippen LogP contribution is -2.55. The third-order valence-corrected chi connectivity index (χ3v) is 4.43. The molecule has 1 aromatic rings. The number of carbonyl (C=O) groups is 2. The van der Waals surface area contributed by atoms with E-state index in [1.807, 2.05) is 43.9 Å². The van der Waals surface area contributed by atoms with Crippen LogP contribution in [0.15, 0.2) is 24.3 Å². The zero-order valence-corrected chi connectivity index (χ0v) is 15.9. The number of rotatable bonds is 5. The van der Waals surface area contributed by atoms with E-state index in [1.54, 1.807) is 6.07 Å². The van der Waals surface area contributed by atoms with Crippen LogP contribution in [-0.2, 0) is 9.53 Å². The molecule has 0 aromatic heterocycles. The van der Waals surface area contributed by atoms with Gasteiger partial charge in [0.05, 0.1) is 12.2 Å².